The lowest BCUT2D eigenvalue weighted by molar-refractivity contribution is 0.291. The third-order valence-electron chi connectivity index (χ3n) is 1.53. The molecule has 5 heteroatoms. The van der Waals surface area contributed by atoms with Crippen molar-refractivity contribution in [1.82, 2.24) is 9.97 Å². The van der Waals surface area contributed by atoms with Crippen LogP contribution < -0.4 is 10.5 Å². The van der Waals surface area contributed by atoms with Gasteiger partial charge in [0.25, 0.3) is 0 Å². The molecular weight excluding hydrogens is 178 g/mol. The summed E-state index contributed by atoms with van der Waals surface area (Å²) in [5.74, 6) is 0.585. The lowest BCUT2D eigenvalue weighted by Crippen LogP contribution is -2.02. The number of nitrogen functional groups attached to an aromatic ring is 1. The SMILES string of the molecule is Nc1ncc(Cl)c(OC2CC2)n1. The Morgan fingerprint density at radius 1 is 1.58 bits per heavy atom. The summed E-state index contributed by atoms with van der Waals surface area (Å²) in [7, 11) is 0. The van der Waals surface area contributed by atoms with Crippen LogP contribution in [0.5, 0.6) is 5.88 Å². The minimum atomic E-state index is 0.190. The molecule has 12 heavy (non-hydrogen) atoms. The molecular formula is C7H8ClN3O. The third-order valence-corrected chi connectivity index (χ3v) is 1.79. The van der Waals surface area contributed by atoms with Crippen molar-refractivity contribution in [2.75, 3.05) is 5.73 Å². The van der Waals surface area contributed by atoms with E-state index in [-0.39, 0.29) is 12.1 Å². The van der Waals surface area contributed by atoms with Crippen LogP contribution in [0, 0.1) is 0 Å². The first kappa shape index (κ1) is 7.61. The molecule has 0 saturated heterocycles. The normalized spacial score (nSPS) is 16.1. The first-order valence-electron chi connectivity index (χ1n) is 3.70. The van der Waals surface area contributed by atoms with E-state index in [1.165, 1.54) is 6.20 Å². The van der Waals surface area contributed by atoms with Gasteiger partial charge in [-0.05, 0) is 12.8 Å². The Hall–Kier alpha value is -1.03. The topological polar surface area (TPSA) is 61.0 Å². The molecule has 0 aliphatic heterocycles. The van der Waals surface area contributed by atoms with Gasteiger partial charge in [0.1, 0.15) is 11.1 Å². The fourth-order valence-corrected chi connectivity index (χ4v) is 0.926. The van der Waals surface area contributed by atoms with Crippen molar-refractivity contribution in [2.45, 2.75) is 18.9 Å². The van der Waals surface area contributed by atoms with Crippen molar-refractivity contribution in [3.8, 4) is 5.88 Å². The van der Waals surface area contributed by atoms with Crippen molar-refractivity contribution < 1.29 is 4.74 Å². The second kappa shape index (κ2) is 2.79. The van der Waals surface area contributed by atoms with Gasteiger partial charge in [0.15, 0.2) is 0 Å². The number of ether oxygens (including phenoxy) is 1. The van der Waals surface area contributed by atoms with Crippen molar-refractivity contribution in [1.29, 1.82) is 0 Å². The molecule has 1 saturated carbocycles. The number of halogens is 1. The van der Waals surface area contributed by atoms with Crippen molar-refractivity contribution in [2.24, 2.45) is 0 Å². The summed E-state index contributed by atoms with van der Waals surface area (Å²) < 4.78 is 5.37. The van der Waals surface area contributed by atoms with Crippen LogP contribution in [0.15, 0.2) is 6.20 Å². The zero-order chi connectivity index (χ0) is 8.55. The highest BCUT2D eigenvalue weighted by Gasteiger charge is 2.25. The van der Waals surface area contributed by atoms with E-state index >= 15 is 0 Å². The van der Waals surface area contributed by atoms with Gasteiger partial charge in [-0.15, -0.1) is 0 Å². The van der Waals surface area contributed by atoms with Crippen LogP contribution in [-0.2, 0) is 0 Å². The van der Waals surface area contributed by atoms with Gasteiger partial charge >= 0.3 is 0 Å². The van der Waals surface area contributed by atoms with E-state index in [0.717, 1.165) is 12.8 Å². The molecule has 2 N–H and O–H groups in total. The number of nitrogens with zero attached hydrogens (tertiary/aromatic N) is 2. The smallest absolute Gasteiger partial charge is 0.237 e. The fraction of sp³-hybridized carbons (Fsp3) is 0.429. The first-order chi connectivity index (χ1) is 5.75. The molecule has 2 rings (SSSR count). The molecule has 4 nitrogen and oxygen atoms in total. The van der Waals surface area contributed by atoms with Gasteiger partial charge in [0, 0.05) is 0 Å². The Labute approximate surface area is 74.7 Å². The van der Waals surface area contributed by atoms with Gasteiger partial charge < -0.3 is 10.5 Å². The first-order valence-corrected chi connectivity index (χ1v) is 4.08. The average molecular weight is 186 g/mol. The Morgan fingerprint density at radius 2 is 2.33 bits per heavy atom. The van der Waals surface area contributed by atoms with Gasteiger partial charge in [-0.3, -0.25) is 0 Å². The van der Waals surface area contributed by atoms with E-state index in [0.29, 0.717) is 10.9 Å². The van der Waals surface area contributed by atoms with Gasteiger partial charge in [-0.1, -0.05) is 11.6 Å². The summed E-state index contributed by atoms with van der Waals surface area (Å²) in [6.07, 6.45) is 3.86. The summed E-state index contributed by atoms with van der Waals surface area (Å²) >= 11 is 5.76. The van der Waals surface area contributed by atoms with Gasteiger partial charge in [-0.2, -0.15) is 4.98 Å². The van der Waals surface area contributed by atoms with Crippen molar-refractivity contribution in [3.63, 3.8) is 0 Å². The quantitative estimate of drug-likeness (QED) is 0.754. The largest absolute Gasteiger partial charge is 0.473 e. The van der Waals surface area contributed by atoms with E-state index in [4.69, 9.17) is 22.1 Å². The van der Waals surface area contributed by atoms with E-state index in [1.807, 2.05) is 0 Å². The molecule has 0 radical (unpaired) electrons. The number of hydrogen-bond acceptors (Lipinski definition) is 4. The Kier molecular flexibility index (Phi) is 1.77. The maximum Gasteiger partial charge on any atom is 0.237 e. The monoisotopic (exact) mass is 185 g/mol. The number of anilines is 1. The minimum absolute atomic E-state index is 0.190. The molecule has 1 heterocycles. The summed E-state index contributed by atoms with van der Waals surface area (Å²) in [4.78, 5) is 7.59. The lowest BCUT2D eigenvalue weighted by atomic mass is 10.6. The van der Waals surface area contributed by atoms with E-state index in [1.54, 1.807) is 0 Å². The average Bonchev–Trinajstić information content (AvgIpc) is 2.81. The minimum Gasteiger partial charge on any atom is -0.473 e. The van der Waals surface area contributed by atoms with Crippen LogP contribution in [-0.4, -0.2) is 16.1 Å². The molecule has 0 spiro atoms. The van der Waals surface area contributed by atoms with E-state index in [9.17, 15) is 0 Å². The summed E-state index contributed by atoms with van der Waals surface area (Å²) in [6, 6.07) is 0. The van der Waals surface area contributed by atoms with Crippen LogP contribution >= 0.6 is 11.6 Å². The molecule has 1 aromatic rings. The molecule has 1 aromatic heterocycles. The maximum atomic E-state index is 5.76. The predicted octanol–water partition coefficient (Wildman–Crippen LogP) is 1.25. The van der Waals surface area contributed by atoms with Crippen LogP contribution in [0.3, 0.4) is 0 Å². The molecule has 0 atom stereocenters. The van der Waals surface area contributed by atoms with E-state index < -0.39 is 0 Å². The van der Waals surface area contributed by atoms with E-state index in [2.05, 4.69) is 9.97 Å². The summed E-state index contributed by atoms with van der Waals surface area (Å²) in [6.45, 7) is 0. The molecule has 1 aliphatic rings. The number of hydrogen-bond donors (Lipinski definition) is 1. The zero-order valence-corrected chi connectivity index (χ0v) is 7.08. The molecule has 0 unspecified atom stereocenters. The Morgan fingerprint density at radius 3 is 3.00 bits per heavy atom. The van der Waals surface area contributed by atoms with Gasteiger partial charge in [0.2, 0.25) is 11.8 Å². The molecule has 0 aromatic carbocycles. The highest BCUT2D eigenvalue weighted by Crippen LogP contribution is 2.29. The fourth-order valence-electron chi connectivity index (χ4n) is 0.791. The van der Waals surface area contributed by atoms with Crippen LogP contribution in [0.2, 0.25) is 5.02 Å². The molecule has 1 aliphatic carbocycles. The lowest BCUT2D eigenvalue weighted by Gasteiger charge is -2.04. The second-order valence-electron chi connectivity index (χ2n) is 2.70. The Balaban J connectivity index is 2.21. The standard InChI is InChI=1S/C7H8ClN3O/c8-5-3-10-7(9)11-6(5)12-4-1-2-4/h3-4H,1-2H2,(H2,9,10,11). The Bertz CT molecular complexity index is 301. The predicted molar refractivity (Wildman–Crippen MR) is 45.1 cm³/mol. The maximum absolute atomic E-state index is 5.76. The number of rotatable bonds is 2. The molecule has 64 valence electrons. The summed E-state index contributed by atoms with van der Waals surface area (Å²) in [5, 5.41) is 0.413. The van der Waals surface area contributed by atoms with Crippen LogP contribution in [0.4, 0.5) is 5.95 Å². The number of aromatic nitrogens is 2. The highest BCUT2D eigenvalue weighted by atomic mass is 35.5. The van der Waals surface area contributed by atoms with Crippen LogP contribution in [0.1, 0.15) is 12.8 Å². The summed E-state index contributed by atoms with van der Waals surface area (Å²) in [5.41, 5.74) is 5.36. The third kappa shape index (κ3) is 1.58. The van der Waals surface area contributed by atoms with Crippen molar-refractivity contribution >= 4 is 17.5 Å². The van der Waals surface area contributed by atoms with Crippen LogP contribution in [0.25, 0.3) is 0 Å². The second-order valence-corrected chi connectivity index (χ2v) is 3.11. The van der Waals surface area contributed by atoms with Gasteiger partial charge in [-0.25, -0.2) is 4.98 Å². The molecule has 0 bridgehead atoms. The highest BCUT2D eigenvalue weighted by molar-refractivity contribution is 6.31. The zero-order valence-electron chi connectivity index (χ0n) is 6.33. The van der Waals surface area contributed by atoms with Gasteiger partial charge in [0.05, 0.1) is 6.20 Å². The molecule has 1 fully saturated rings. The van der Waals surface area contributed by atoms with Crippen molar-refractivity contribution in [3.05, 3.63) is 11.2 Å². The molecule has 0 amide bonds. The number of nitrogens with two attached hydrogens (primary N) is 1.